The highest BCUT2D eigenvalue weighted by molar-refractivity contribution is 5.87. The average molecular weight is 178 g/mol. The quantitative estimate of drug-likeness (QED) is 0.359. The molecular weight excluding hydrogens is 160 g/mol. The molecule has 0 aromatic heterocycles. The van der Waals surface area contributed by atoms with Crippen LogP contribution >= 0.6 is 0 Å². The molecule has 0 unspecified atom stereocenters. The van der Waals surface area contributed by atoms with Crippen molar-refractivity contribution in [2.24, 2.45) is 0 Å². The summed E-state index contributed by atoms with van der Waals surface area (Å²) in [6, 6.07) is 0. The van der Waals surface area contributed by atoms with Crippen LogP contribution in [0.2, 0.25) is 0 Å². The Balaban J connectivity index is 3.35. The molecule has 0 aliphatic carbocycles. The molecule has 0 heterocycles. The lowest BCUT2D eigenvalue weighted by Crippen LogP contribution is -1.77. The van der Waals surface area contributed by atoms with Gasteiger partial charge in [-0.3, -0.25) is 4.79 Å². The molecule has 0 aliphatic heterocycles. The van der Waals surface area contributed by atoms with Crippen molar-refractivity contribution in [3.05, 3.63) is 12.2 Å². The average Bonchev–Trinajstić information content (AvgIpc) is 2.09. The first-order valence-electron chi connectivity index (χ1n) is 4.93. The number of unbranched alkanes of at least 4 members (excludes halogenated alkanes) is 4. The Bertz CT molecular complexity index is 215. The summed E-state index contributed by atoms with van der Waals surface area (Å²) in [5, 5.41) is 0. The minimum atomic E-state index is 0.0558. The predicted octanol–water partition coefficient (Wildman–Crippen LogP) is 3.11. The molecule has 0 amide bonds. The summed E-state index contributed by atoms with van der Waals surface area (Å²) in [7, 11) is 0. The van der Waals surface area contributed by atoms with Gasteiger partial charge in [0, 0.05) is 6.42 Å². The molecule has 0 aliphatic rings. The van der Waals surface area contributed by atoms with E-state index in [4.69, 9.17) is 0 Å². The van der Waals surface area contributed by atoms with Crippen molar-refractivity contribution >= 4 is 5.78 Å². The Morgan fingerprint density at radius 3 is 2.69 bits per heavy atom. The second kappa shape index (κ2) is 9.06. The number of carbonyl (C=O) groups is 1. The molecule has 0 atom stereocenters. The van der Waals surface area contributed by atoms with E-state index in [0.717, 1.165) is 6.42 Å². The Morgan fingerprint density at radius 2 is 2.08 bits per heavy atom. The summed E-state index contributed by atoms with van der Waals surface area (Å²) in [5.41, 5.74) is 0. The zero-order chi connectivity index (χ0) is 9.94. The smallest absolute Gasteiger partial charge is 0.153 e. The molecule has 1 heteroatoms. The molecule has 0 N–H and O–H groups in total. The SMILES string of the molecule is CCCCCCC#CC=CC(C)=O. The Hall–Kier alpha value is -1.03. The van der Waals surface area contributed by atoms with E-state index in [2.05, 4.69) is 18.8 Å². The van der Waals surface area contributed by atoms with Crippen molar-refractivity contribution in [1.82, 2.24) is 0 Å². The lowest BCUT2D eigenvalue weighted by Gasteiger charge is -1.91. The molecular formula is C12H18O. The maximum Gasteiger partial charge on any atom is 0.153 e. The first-order chi connectivity index (χ1) is 6.27. The zero-order valence-corrected chi connectivity index (χ0v) is 8.60. The van der Waals surface area contributed by atoms with Gasteiger partial charge in [0.1, 0.15) is 0 Å². The van der Waals surface area contributed by atoms with Gasteiger partial charge in [-0.1, -0.05) is 38.0 Å². The second-order valence-corrected chi connectivity index (χ2v) is 3.08. The third-order valence-electron chi connectivity index (χ3n) is 1.66. The van der Waals surface area contributed by atoms with E-state index in [9.17, 15) is 4.79 Å². The van der Waals surface area contributed by atoms with Gasteiger partial charge in [-0.2, -0.15) is 0 Å². The van der Waals surface area contributed by atoms with Crippen LogP contribution in [-0.2, 0) is 4.79 Å². The summed E-state index contributed by atoms with van der Waals surface area (Å²) < 4.78 is 0. The monoisotopic (exact) mass is 178 g/mol. The molecule has 0 radical (unpaired) electrons. The lowest BCUT2D eigenvalue weighted by molar-refractivity contribution is -0.112. The standard InChI is InChI=1S/C12H18O/c1-3-4-5-6-7-8-9-10-11-12(2)13/h10-11H,3-7H2,1-2H3. The van der Waals surface area contributed by atoms with Crippen molar-refractivity contribution in [2.75, 3.05) is 0 Å². The zero-order valence-electron chi connectivity index (χ0n) is 8.60. The van der Waals surface area contributed by atoms with Gasteiger partial charge >= 0.3 is 0 Å². The number of hydrogen-bond donors (Lipinski definition) is 0. The van der Waals surface area contributed by atoms with Crippen LogP contribution < -0.4 is 0 Å². The molecule has 0 saturated heterocycles. The fourth-order valence-corrected chi connectivity index (χ4v) is 0.930. The van der Waals surface area contributed by atoms with E-state index in [1.54, 1.807) is 6.08 Å². The van der Waals surface area contributed by atoms with E-state index in [1.807, 2.05) is 0 Å². The molecule has 0 rings (SSSR count). The highest BCUT2D eigenvalue weighted by Gasteiger charge is 1.83. The minimum Gasteiger partial charge on any atom is -0.295 e. The number of carbonyl (C=O) groups excluding carboxylic acids is 1. The van der Waals surface area contributed by atoms with E-state index >= 15 is 0 Å². The summed E-state index contributed by atoms with van der Waals surface area (Å²) in [5.74, 6) is 5.91. The van der Waals surface area contributed by atoms with Crippen LogP contribution in [0.15, 0.2) is 12.2 Å². The first-order valence-corrected chi connectivity index (χ1v) is 4.93. The Morgan fingerprint density at radius 1 is 1.31 bits per heavy atom. The molecule has 72 valence electrons. The van der Waals surface area contributed by atoms with Gasteiger partial charge in [-0.15, -0.1) is 0 Å². The molecule has 0 aromatic carbocycles. The van der Waals surface area contributed by atoms with Gasteiger partial charge in [0.15, 0.2) is 5.78 Å². The van der Waals surface area contributed by atoms with E-state index in [-0.39, 0.29) is 5.78 Å². The molecule has 1 nitrogen and oxygen atoms in total. The maximum atomic E-state index is 10.5. The molecule has 0 spiro atoms. The number of hydrogen-bond acceptors (Lipinski definition) is 1. The van der Waals surface area contributed by atoms with Gasteiger partial charge < -0.3 is 0 Å². The molecule has 0 bridgehead atoms. The largest absolute Gasteiger partial charge is 0.295 e. The van der Waals surface area contributed by atoms with Crippen LogP contribution in [0.5, 0.6) is 0 Å². The normalized spacial score (nSPS) is 9.69. The summed E-state index contributed by atoms with van der Waals surface area (Å²) >= 11 is 0. The summed E-state index contributed by atoms with van der Waals surface area (Å²) in [4.78, 5) is 10.5. The van der Waals surface area contributed by atoms with Crippen LogP contribution in [0.4, 0.5) is 0 Å². The summed E-state index contributed by atoms with van der Waals surface area (Å²) in [6.45, 7) is 3.72. The number of rotatable bonds is 5. The van der Waals surface area contributed by atoms with Gasteiger partial charge in [0.25, 0.3) is 0 Å². The maximum absolute atomic E-state index is 10.5. The highest BCUT2D eigenvalue weighted by atomic mass is 16.1. The topological polar surface area (TPSA) is 17.1 Å². The van der Waals surface area contributed by atoms with Gasteiger partial charge in [-0.05, 0) is 25.5 Å². The van der Waals surface area contributed by atoms with E-state index in [1.165, 1.54) is 38.7 Å². The lowest BCUT2D eigenvalue weighted by atomic mass is 10.2. The van der Waals surface area contributed by atoms with Gasteiger partial charge in [0.2, 0.25) is 0 Å². The van der Waals surface area contributed by atoms with Crippen LogP contribution in [-0.4, -0.2) is 5.78 Å². The van der Waals surface area contributed by atoms with Crippen molar-refractivity contribution in [1.29, 1.82) is 0 Å². The molecule has 13 heavy (non-hydrogen) atoms. The Labute approximate surface area is 81.2 Å². The van der Waals surface area contributed by atoms with E-state index < -0.39 is 0 Å². The Kier molecular flexibility index (Phi) is 8.34. The van der Waals surface area contributed by atoms with Crippen LogP contribution in [0.3, 0.4) is 0 Å². The van der Waals surface area contributed by atoms with Crippen LogP contribution in [0, 0.1) is 11.8 Å². The third kappa shape index (κ3) is 11.0. The van der Waals surface area contributed by atoms with Crippen molar-refractivity contribution in [3.8, 4) is 11.8 Å². The van der Waals surface area contributed by atoms with E-state index in [0.29, 0.717) is 0 Å². The molecule has 0 fully saturated rings. The number of allylic oxidation sites excluding steroid dienone is 2. The predicted molar refractivity (Wildman–Crippen MR) is 56.4 cm³/mol. The fraction of sp³-hybridized carbons (Fsp3) is 0.583. The van der Waals surface area contributed by atoms with Gasteiger partial charge in [0.05, 0.1) is 0 Å². The van der Waals surface area contributed by atoms with Crippen LogP contribution in [0.25, 0.3) is 0 Å². The minimum absolute atomic E-state index is 0.0558. The van der Waals surface area contributed by atoms with Crippen LogP contribution in [0.1, 0.15) is 46.0 Å². The summed E-state index contributed by atoms with van der Waals surface area (Å²) in [6.07, 6.45) is 9.07. The molecule has 0 saturated carbocycles. The fourth-order valence-electron chi connectivity index (χ4n) is 0.930. The van der Waals surface area contributed by atoms with Crippen molar-refractivity contribution < 1.29 is 4.79 Å². The van der Waals surface area contributed by atoms with Crippen molar-refractivity contribution in [3.63, 3.8) is 0 Å². The second-order valence-electron chi connectivity index (χ2n) is 3.08. The van der Waals surface area contributed by atoms with Crippen molar-refractivity contribution in [2.45, 2.75) is 46.0 Å². The molecule has 0 aromatic rings. The highest BCUT2D eigenvalue weighted by Crippen LogP contribution is 2.00. The third-order valence-corrected chi connectivity index (χ3v) is 1.66. The number of ketones is 1. The van der Waals surface area contributed by atoms with Gasteiger partial charge in [-0.25, -0.2) is 0 Å². The first kappa shape index (κ1) is 12.0.